The van der Waals surface area contributed by atoms with Crippen molar-refractivity contribution in [3.05, 3.63) is 71.0 Å². The Morgan fingerprint density at radius 2 is 0.879 bits per heavy atom. The molecule has 3 rings (SSSR count). The number of methoxy groups -OCH3 is 2. The molecular weight excluding hydrogens is 448 g/mol. The maximum absolute atomic E-state index is 10.7. The van der Waals surface area contributed by atoms with Crippen LogP contribution in [0.25, 0.3) is 0 Å². The third-order valence-electron chi connectivity index (χ3n) is 3.36. The van der Waals surface area contributed by atoms with E-state index < -0.39 is 29.8 Å². The normalized spacial score (nSPS) is 9.42. The maximum Gasteiger partial charge on any atom is 0.373 e. The van der Waals surface area contributed by atoms with Gasteiger partial charge in [-0.1, -0.05) is 0 Å². The lowest BCUT2D eigenvalue weighted by atomic mass is 10.4. The van der Waals surface area contributed by atoms with Crippen LogP contribution in [0.4, 0.5) is 0 Å². The fourth-order valence-electron chi connectivity index (χ4n) is 1.88. The van der Waals surface area contributed by atoms with Crippen LogP contribution in [0.2, 0.25) is 0 Å². The smallest absolute Gasteiger partial charge is 0.373 e. The number of carbonyl (C=O) groups is 5. The molecule has 0 saturated heterocycles. The van der Waals surface area contributed by atoms with Gasteiger partial charge in [0.1, 0.15) is 5.76 Å². The van der Waals surface area contributed by atoms with Crippen molar-refractivity contribution in [3.63, 3.8) is 0 Å². The van der Waals surface area contributed by atoms with Gasteiger partial charge in [-0.3, -0.25) is 0 Å². The summed E-state index contributed by atoms with van der Waals surface area (Å²) in [5.41, 5.74) is 0. The van der Waals surface area contributed by atoms with E-state index in [0.717, 1.165) is 12.1 Å². The van der Waals surface area contributed by atoms with E-state index in [4.69, 9.17) is 19.7 Å². The highest BCUT2D eigenvalue weighted by Crippen LogP contribution is 2.09. The van der Waals surface area contributed by atoms with E-state index in [-0.39, 0.29) is 28.8 Å². The highest BCUT2D eigenvalue weighted by atomic mass is 16.5. The number of carboxylic acids is 3. The predicted octanol–water partition coefficient (Wildman–Crippen LogP) is 2.82. The average Bonchev–Trinajstić information content (AvgIpc) is 3.53. The van der Waals surface area contributed by atoms with Crippen LogP contribution in [0, 0.1) is 6.92 Å². The zero-order valence-corrected chi connectivity index (χ0v) is 17.4. The molecule has 3 heterocycles. The van der Waals surface area contributed by atoms with Crippen LogP contribution >= 0.6 is 0 Å². The minimum Gasteiger partial charge on any atom is -0.475 e. The van der Waals surface area contributed by atoms with E-state index in [1.807, 2.05) is 0 Å². The van der Waals surface area contributed by atoms with E-state index in [2.05, 4.69) is 18.3 Å². The number of esters is 2. The van der Waals surface area contributed by atoms with Gasteiger partial charge in [-0.2, -0.15) is 0 Å². The minimum atomic E-state index is -1.28. The summed E-state index contributed by atoms with van der Waals surface area (Å²) < 4.78 is 22.7. The SMILES string of the molecule is COC(=O)c1ccc(C(=O)O)o1.COC(=O)c1ccc(C)o1.O=C(O)c1ccc(C(=O)O)o1. The first kappa shape index (κ1) is 26.2. The summed E-state index contributed by atoms with van der Waals surface area (Å²) >= 11 is 0. The van der Waals surface area contributed by atoms with Crippen LogP contribution in [0.3, 0.4) is 0 Å². The summed E-state index contributed by atoms with van der Waals surface area (Å²) in [4.78, 5) is 52.0. The summed E-state index contributed by atoms with van der Waals surface area (Å²) in [7, 11) is 2.51. The summed E-state index contributed by atoms with van der Waals surface area (Å²) in [5, 5.41) is 25.0. The van der Waals surface area contributed by atoms with E-state index in [9.17, 15) is 24.0 Å². The van der Waals surface area contributed by atoms with Gasteiger partial charge >= 0.3 is 29.8 Å². The molecule has 0 aliphatic heterocycles. The molecule has 13 heteroatoms. The predicted molar refractivity (Wildman–Crippen MR) is 104 cm³/mol. The Labute approximate surface area is 184 Å². The quantitative estimate of drug-likeness (QED) is 0.463. The Hall–Kier alpha value is -4.81. The number of aromatic carboxylic acids is 3. The lowest BCUT2D eigenvalue weighted by molar-refractivity contribution is 0.0548. The maximum atomic E-state index is 10.7. The minimum absolute atomic E-state index is 0.116. The third kappa shape index (κ3) is 8.09. The molecule has 176 valence electrons. The fraction of sp³-hybridized carbons (Fsp3) is 0.150. The molecule has 0 atom stereocenters. The topological polar surface area (TPSA) is 204 Å². The zero-order chi connectivity index (χ0) is 25.1. The Kier molecular flexibility index (Phi) is 9.65. The van der Waals surface area contributed by atoms with Crippen LogP contribution in [0.1, 0.15) is 58.5 Å². The molecular formula is C20H18O13. The molecule has 3 aromatic heterocycles. The molecule has 0 fully saturated rings. The number of hydrogen-bond acceptors (Lipinski definition) is 10. The molecule has 0 saturated carbocycles. The Bertz CT molecular complexity index is 1100. The van der Waals surface area contributed by atoms with Gasteiger partial charge in [0.25, 0.3) is 0 Å². The molecule has 0 aliphatic carbocycles. The Morgan fingerprint density at radius 1 is 0.576 bits per heavy atom. The average molecular weight is 466 g/mol. The van der Waals surface area contributed by atoms with E-state index in [0.29, 0.717) is 5.76 Å². The highest BCUT2D eigenvalue weighted by molar-refractivity contribution is 5.90. The van der Waals surface area contributed by atoms with Crippen molar-refractivity contribution < 1.29 is 62.0 Å². The van der Waals surface area contributed by atoms with Gasteiger partial charge in [0, 0.05) is 0 Å². The van der Waals surface area contributed by atoms with Crippen LogP contribution in [0.5, 0.6) is 0 Å². The molecule has 0 radical (unpaired) electrons. The molecule has 0 aliphatic rings. The van der Waals surface area contributed by atoms with E-state index >= 15 is 0 Å². The second kappa shape index (κ2) is 12.1. The van der Waals surface area contributed by atoms with Crippen LogP contribution in [0.15, 0.2) is 49.6 Å². The molecule has 3 N–H and O–H groups in total. The summed E-state index contributed by atoms with van der Waals surface area (Å²) in [6.45, 7) is 1.77. The van der Waals surface area contributed by atoms with Crippen LogP contribution in [-0.2, 0) is 9.47 Å². The van der Waals surface area contributed by atoms with Crippen molar-refractivity contribution >= 4 is 29.8 Å². The van der Waals surface area contributed by atoms with E-state index in [1.165, 1.54) is 26.4 Å². The van der Waals surface area contributed by atoms with Crippen molar-refractivity contribution in [2.24, 2.45) is 0 Å². The van der Waals surface area contributed by atoms with Crippen molar-refractivity contribution in [3.8, 4) is 0 Å². The number of carboxylic acid groups (broad SMARTS) is 3. The largest absolute Gasteiger partial charge is 0.475 e. The first-order chi connectivity index (χ1) is 15.5. The second-order valence-corrected chi connectivity index (χ2v) is 5.64. The number of hydrogen-bond donors (Lipinski definition) is 3. The number of furan rings is 3. The number of rotatable bonds is 5. The van der Waals surface area contributed by atoms with Crippen LogP contribution < -0.4 is 0 Å². The molecule has 0 spiro atoms. The molecule has 3 aromatic rings. The number of ether oxygens (including phenoxy) is 2. The lowest BCUT2D eigenvalue weighted by Gasteiger charge is -1.91. The van der Waals surface area contributed by atoms with Gasteiger partial charge < -0.3 is 38.0 Å². The Morgan fingerprint density at radius 3 is 1.15 bits per heavy atom. The van der Waals surface area contributed by atoms with Crippen LogP contribution in [-0.4, -0.2) is 59.4 Å². The lowest BCUT2D eigenvalue weighted by Crippen LogP contribution is -1.99. The molecule has 33 heavy (non-hydrogen) atoms. The van der Waals surface area contributed by atoms with Gasteiger partial charge in [0.2, 0.25) is 28.8 Å². The number of aryl methyl sites for hydroxylation is 1. The molecule has 0 bridgehead atoms. The van der Waals surface area contributed by atoms with Gasteiger partial charge in [-0.15, -0.1) is 0 Å². The second-order valence-electron chi connectivity index (χ2n) is 5.64. The van der Waals surface area contributed by atoms with Gasteiger partial charge in [-0.25, -0.2) is 24.0 Å². The highest BCUT2D eigenvalue weighted by Gasteiger charge is 2.14. The molecule has 13 nitrogen and oxygen atoms in total. The third-order valence-corrected chi connectivity index (χ3v) is 3.36. The standard InChI is InChI=1S/C7H6O5.C7H8O3.C6H4O5/c1-11-7(10)5-3-2-4(12-5)6(8)9;1-5-3-4-6(10-5)7(8)9-2;7-5(8)3-1-2-4(11-3)6(9)10/h2-3H,1H3,(H,8,9);3-4H,1-2H3;1-2H,(H,7,8)(H,9,10). The summed E-state index contributed by atoms with van der Waals surface area (Å²) in [6, 6.07) is 7.91. The van der Waals surface area contributed by atoms with Crippen molar-refractivity contribution in [1.82, 2.24) is 0 Å². The van der Waals surface area contributed by atoms with Crippen molar-refractivity contribution in [2.75, 3.05) is 14.2 Å². The monoisotopic (exact) mass is 466 g/mol. The first-order valence-electron chi connectivity index (χ1n) is 8.62. The van der Waals surface area contributed by atoms with Crippen molar-refractivity contribution in [2.45, 2.75) is 6.92 Å². The summed E-state index contributed by atoms with van der Waals surface area (Å²) in [5.74, 6) is -5.09. The molecule has 0 unspecified atom stereocenters. The zero-order valence-electron chi connectivity index (χ0n) is 17.4. The van der Waals surface area contributed by atoms with E-state index in [1.54, 1.807) is 19.1 Å². The van der Waals surface area contributed by atoms with Crippen molar-refractivity contribution in [1.29, 1.82) is 0 Å². The van der Waals surface area contributed by atoms with Gasteiger partial charge in [0.15, 0.2) is 0 Å². The first-order valence-corrected chi connectivity index (χ1v) is 8.62. The molecule has 0 aromatic carbocycles. The van der Waals surface area contributed by atoms with Gasteiger partial charge in [-0.05, 0) is 43.3 Å². The molecule has 0 amide bonds. The van der Waals surface area contributed by atoms with Gasteiger partial charge in [0.05, 0.1) is 14.2 Å². The summed E-state index contributed by atoms with van der Waals surface area (Å²) in [6.07, 6.45) is 0. The Balaban J connectivity index is 0.000000249. The fourth-order valence-corrected chi connectivity index (χ4v) is 1.88. The number of carbonyl (C=O) groups excluding carboxylic acids is 2.